The van der Waals surface area contributed by atoms with Crippen molar-refractivity contribution in [2.45, 2.75) is 41.2 Å². The van der Waals surface area contributed by atoms with Crippen molar-refractivity contribution in [1.82, 2.24) is 35.9 Å². The molecule has 0 saturated carbocycles. The van der Waals surface area contributed by atoms with Gasteiger partial charge in [-0.15, -0.1) is 22.0 Å². The number of aliphatic carboxylic acids is 1. The van der Waals surface area contributed by atoms with E-state index in [0.29, 0.717) is 21.2 Å². The molecule has 2 unspecified atom stereocenters. The molecule has 2 aromatic rings. The molecule has 0 aliphatic carbocycles. The number of fused-ring (bicyclic) bond motifs is 1. The molecule has 48 heavy (non-hydrogen) atoms. The van der Waals surface area contributed by atoms with E-state index in [1.54, 1.807) is 6.92 Å². The molecule has 4 atom stereocenters. The number of likely N-dealkylation sites (tertiary alicyclic amines) is 1. The average molecular weight is 728 g/mol. The fourth-order valence-electron chi connectivity index (χ4n) is 5.37. The van der Waals surface area contributed by atoms with E-state index in [0.717, 1.165) is 28.8 Å². The van der Waals surface area contributed by atoms with E-state index >= 15 is 0 Å². The van der Waals surface area contributed by atoms with Crippen molar-refractivity contribution in [2.24, 2.45) is 5.92 Å². The molecular formula is C27H26N7NaO10S3. The molecule has 5 rings (SSSR count). The third-order valence-electron chi connectivity index (χ3n) is 7.79. The van der Waals surface area contributed by atoms with E-state index in [4.69, 9.17) is 0 Å². The van der Waals surface area contributed by atoms with E-state index in [1.807, 2.05) is 0 Å². The number of Topliss-reactive ketones (excluding diaryl/α,β-unsaturated/α-hetero) is 1. The normalized spacial score (nSPS) is 22.6. The number of ketones is 1. The molecule has 2 saturated heterocycles. The van der Waals surface area contributed by atoms with E-state index < -0.39 is 75.7 Å². The van der Waals surface area contributed by atoms with Crippen LogP contribution in [0.4, 0.5) is 4.79 Å². The van der Waals surface area contributed by atoms with Gasteiger partial charge in [0.25, 0.3) is 11.8 Å². The van der Waals surface area contributed by atoms with Crippen LogP contribution in [-0.4, -0.2) is 101 Å². The van der Waals surface area contributed by atoms with Crippen molar-refractivity contribution in [3.63, 3.8) is 0 Å². The van der Waals surface area contributed by atoms with Gasteiger partial charge in [-0.05, 0) is 36.1 Å². The summed E-state index contributed by atoms with van der Waals surface area (Å²) in [5.74, 6) is -7.20. The van der Waals surface area contributed by atoms with Crippen molar-refractivity contribution in [3.05, 3.63) is 40.5 Å². The zero-order valence-corrected chi connectivity index (χ0v) is 29.8. The third kappa shape index (κ3) is 6.90. The molecule has 0 spiro atoms. The van der Waals surface area contributed by atoms with E-state index in [9.17, 15) is 48.9 Å². The van der Waals surface area contributed by atoms with Gasteiger partial charge < -0.3 is 36.1 Å². The molecule has 0 radical (unpaired) electrons. The number of rotatable bonds is 11. The van der Waals surface area contributed by atoms with Gasteiger partial charge in [-0.2, -0.15) is 0 Å². The Morgan fingerprint density at radius 2 is 1.98 bits per heavy atom. The SMILES string of the molecule is CCC1CCN(C(=O)NC(C(=O)N[C@]2(NC=O)C(=O)N3C(C(=O)[O-])=C(CSc4nncs4)CS[C@@H]32)c2ccc(O)c(O)c2)C(=O)C1=O.[Na+]. The van der Waals surface area contributed by atoms with Gasteiger partial charge in [-0.3, -0.25) is 33.8 Å². The summed E-state index contributed by atoms with van der Waals surface area (Å²) >= 11 is 3.49. The van der Waals surface area contributed by atoms with Crippen LogP contribution in [0.1, 0.15) is 31.4 Å². The van der Waals surface area contributed by atoms with Crippen molar-refractivity contribution in [2.75, 3.05) is 18.1 Å². The second kappa shape index (κ2) is 15.2. The van der Waals surface area contributed by atoms with Gasteiger partial charge in [0.15, 0.2) is 15.8 Å². The van der Waals surface area contributed by atoms with Crippen LogP contribution in [0.25, 0.3) is 0 Å². The Labute approximate surface area is 306 Å². The summed E-state index contributed by atoms with van der Waals surface area (Å²) in [5, 5.41) is 45.7. The van der Waals surface area contributed by atoms with Crippen molar-refractivity contribution in [3.8, 4) is 11.5 Å². The minimum atomic E-state index is -2.19. The van der Waals surface area contributed by atoms with Gasteiger partial charge in [-0.1, -0.05) is 36.1 Å². The Morgan fingerprint density at radius 1 is 1.23 bits per heavy atom. The number of carboxylic acids is 1. The van der Waals surface area contributed by atoms with Crippen LogP contribution in [0.15, 0.2) is 39.3 Å². The number of thioether (sulfide) groups is 2. The first kappa shape index (κ1) is 37.1. The van der Waals surface area contributed by atoms with Gasteiger partial charge in [0.05, 0.1) is 11.7 Å². The van der Waals surface area contributed by atoms with Crippen molar-refractivity contribution in [1.29, 1.82) is 0 Å². The van der Waals surface area contributed by atoms with Gasteiger partial charge in [-0.25, -0.2) is 4.79 Å². The number of carboxylic acid groups (broad SMARTS) is 1. The van der Waals surface area contributed by atoms with Gasteiger partial charge in [0, 0.05) is 24.0 Å². The Bertz CT molecular complexity index is 1690. The summed E-state index contributed by atoms with van der Waals surface area (Å²) < 4.78 is 0.565. The topological polar surface area (TPSA) is 251 Å². The number of amides is 6. The van der Waals surface area contributed by atoms with Crippen LogP contribution in [0.2, 0.25) is 0 Å². The Balaban J connectivity index is 0.00000520. The molecule has 5 N–H and O–H groups in total. The largest absolute Gasteiger partial charge is 1.00 e. The van der Waals surface area contributed by atoms with Crippen molar-refractivity contribution < 1.29 is 78.4 Å². The molecule has 21 heteroatoms. The zero-order chi connectivity index (χ0) is 34.0. The average Bonchev–Trinajstić information content (AvgIpc) is 3.58. The number of nitrogens with one attached hydrogen (secondary N) is 3. The number of benzene rings is 1. The molecule has 0 bridgehead atoms. The summed E-state index contributed by atoms with van der Waals surface area (Å²) in [7, 11) is 0. The predicted molar refractivity (Wildman–Crippen MR) is 162 cm³/mol. The number of carbonyl (C=O) groups is 7. The van der Waals surface area contributed by atoms with Crippen LogP contribution < -0.4 is 50.6 Å². The number of aromatic nitrogens is 2. The number of carbonyl (C=O) groups excluding carboxylic acids is 7. The molecule has 4 heterocycles. The second-order valence-corrected chi connectivity index (χ2v) is 13.6. The number of imide groups is 1. The number of aromatic hydroxyl groups is 2. The second-order valence-electron chi connectivity index (χ2n) is 10.5. The minimum Gasteiger partial charge on any atom is -0.543 e. The maximum absolute atomic E-state index is 13.9. The van der Waals surface area contributed by atoms with Crippen LogP contribution in [0.5, 0.6) is 11.5 Å². The van der Waals surface area contributed by atoms with E-state index in [1.165, 1.54) is 34.7 Å². The Hall–Kier alpha value is -3.69. The molecule has 17 nitrogen and oxygen atoms in total. The summed E-state index contributed by atoms with van der Waals surface area (Å²) in [6.45, 7) is 1.61. The molecule has 1 aromatic carbocycles. The minimum absolute atomic E-state index is 0. The number of urea groups is 1. The van der Waals surface area contributed by atoms with Gasteiger partial charge in [0.2, 0.25) is 23.8 Å². The molecule has 1 aromatic heterocycles. The summed E-state index contributed by atoms with van der Waals surface area (Å²) in [6, 6.07) is 0.286. The standard InChI is InChI=1S/C27H27N7O10S3.Na/c1-2-12-5-6-33(21(40)19(12)38)25(44)30-17(13-3-4-15(36)16(37)7-13)20(39)31-27(28-10-35)23(43)34-18(22(41)42)14(8-45-24(27)34)9-46-26-32-29-11-47-26;/h3-4,7,10-12,17,24,36-37H,2,5-6,8-9H2,1H3,(H,28,35)(H,30,44)(H,31,39)(H,41,42);/q;+1/p-1/t12?,17?,24-,27-;/m1./s1. The smallest absolute Gasteiger partial charge is 0.543 e. The molecule has 2 fully saturated rings. The molecule has 3 aliphatic heterocycles. The Kier molecular flexibility index (Phi) is 11.8. The quantitative estimate of drug-likeness (QED) is 0.0280. The number of hydrogen-bond acceptors (Lipinski definition) is 15. The number of phenolic OH excluding ortho intramolecular Hbond substituents is 2. The van der Waals surface area contributed by atoms with Crippen LogP contribution in [-0.2, 0) is 28.8 Å². The maximum atomic E-state index is 13.9. The number of β-lactam (4-membered cyclic amide) rings is 1. The first-order valence-corrected chi connectivity index (χ1v) is 16.8. The van der Waals surface area contributed by atoms with E-state index in [-0.39, 0.29) is 66.0 Å². The predicted octanol–water partition coefficient (Wildman–Crippen LogP) is -4.20. The summed E-state index contributed by atoms with van der Waals surface area (Å²) in [4.78, 5) is 91.5. The van der Waals surface area contributed by atoms with E-state index in [2.05, 4.69) is 26.1 Å². The number of nitrogens with zero attached hydrogens (tertiary/aromatic N) is 4. The molecule has 3 aliphatic rings. The number of piperidine rings is 1. The van der Waals surface area contributed by atoms with Crippen LogP contribution in [0, 0.1) is 5.92 Å². The molecule has 6 amide bonds. The third-order valence-corrected chi connectivity index (χ3v) is 11.1. The Morgan fingerprint density at radius 3 is 2.60 bits per heavy atom. The summed E-state index contributed by atoms with van der Waals surface area (Å²) in [5.41, 5.74) is -0.887. The van der Waals surface area contributed by atoms with Gasteiger partial charge in [0.1, 0.15) is 16.9 Å². The monoisotopic (exact) mass is 727 g/mol. The fraction of sp³-hybridized carbons (Fsp3) is 0.370. The molecule has 248 valence electrons. The van der Waals surface area contributed by atoms with Crippen LogP contribution in [0.3, 0.4) is 0 Å². The molecular weight excluding hydrogens is 702 g/mol. The van der Waals surface area contributed by atoms with Crippen LogP contribution >= 0.6 is 34.9 Å². The fourth-order valence-corrected chi connectivity index (χ4v) is 8.42. The maximum Gasteiger partial charge on any atom is 1.00 e. The number of phenols is 2. The first-order valence-electron chi connectivity index (χ1n) is 13.9. The van der Waals surface area contributed by atoms with Gasteiger partial charge >= 0.3 is 35.6 Å². The summed E-state index contributed by atoms with van der Waals surface area (Å²) in [6.07, 6.45) is 0.740. The van der Waals surface area contributed by atoms with Crippen molar-refractivity contribution >= 4 is 76.8 Å². The first-order chi connectivity index (χ1) is 22.4. The zero-order valence-electron chi connectivity index (χ0n) is 25.3. The number of hydrogen-bond donors (Lipinski definition) is 5.